The van der Waals surface area contributed by atoms with Crippen molar-refractivity contribution in [2.45, 2.75) is 31.6 Å². The highest BCUT2D eigenvalue weighted by Gasteiger charge is 2.26. The minimum Gasteiger partial charge on any atom is -0.339 e. The molecule has 2 N–H and O–H groups in total. The van der Waals surface area contributed by atoms with Gasteiger partial charge in [0.05, 0.1) is 10.5 Å². The fourth-order valence-corrected chi connectivity index (χ4v) is 3.06. The van der Waals surface area contributed by atoms with Gasteiger partial charge in [0.15, 0.2) is 0 Å². The number of nitrogens with zero attached hydrogens (tertiary/aromatic N) is 1. The van der Waals surface area contributed by atoms with Crippen molar-refractivity contribution in [1.29, 1.82) is 0 Å². The maximum absolute atomic E-state index is 14.2. The molecule has 1 aromatic rings. The van der Waals surface area contributed by atoms with E-state index in [2.05, 4.69) is 6.92 Å². The summed E-state index contributed by atoms with van der Waals surface area (Å²) in [6, 6.07) is 2.16. The lowest BCUT2D eigenvalue weighted by molar-refractivity contribution is 0.0692. The molecule has 0 aromatic heterocycles. The summed E-state index contributed by atoms with van der Waals surface area (Å²) in [7, 11) is -3.98. The predicted octanol–water partition coefficient (Wildman–Crippen LogP) is 1.65. The molecule has 2 rings (SSSR count). The van der Waals surface area contributed by atoms with Crippen LogP contribution in [-0.2, 0) is 10.0 Å². The number of primary sulfonamides is 1. The van der Waals surface area contributed by atoms with Crippen molar-refractivity contribution in [2.24, 2.45) is 11.1 Å². The van der Waals surface area contributed by atoms with Crippen LogP contribution in [0.25, 0.3) is 0 Å². The molecule has 0 aliphatic carbocycles. The molecule has 0 unspecified atom stereocenters. The Morgan fingerprint density at radius 1 is 1.33 bits per heavy atom. The summed E-state index contributed by atoms with van der Waals surface area (Å²) >= 11 is 0. The number of piperidine rings is 1. The van der Waals surface area contributed by atoms with Crippen LogP contribution in [0.3, 0.4) is 0 Å². The first kappa shape index (κ1) is 15.9. The Bertz CT molecular complexity index is 665. The molecule has 1 amide bonds. The van der Waals surface area contributed by atoms with E-state index in [1.165, 1.54) is 6.92 Å². The van der Waals surface area contributed by atoms with E-state index >= 15 is 0 Å². The number of hydrogen-bond donors (Lipinski definition) is 1. The van der Waals surface area contributed by atoms with Crippen LogP contribution in [-0.4, -0.2) is 32.3 Å². The van der Waals surface area contributed by atoms with E-state index in [0.29, 0.717) is 19.0 Å². The summed E-state index contributed by atoms with van der Waals surface area (Å²) in [6.45, 7) is 4.63. The summed E-state index contributed by atoms with van der Waals surface area (Å²) in [6.07, 6.45) is 1.72. The molecule has 7 heteroatoms. The maximum Gasteiger partial charge on any atom is 0.256 e. The SMILES string of the molecule is Cc1cc(S(N)(=O)=O)cc(C(=O)N2CCC(C)CC2)c1F. The van der Waals surface area contributed by atoms with Crippen LogP contribution in [0.1, 0.15) is 35.7 Å². The number of amides is 1. The minimum absolute atomic E-state index is 0.0928. The Balaban J connectivity index is 2.39. The third-order valence-electron chi connectivity index (χ3n) is 3.86. The first-order valence-electron chi connectivity index (χ1n) is 6.82. The quantitative estimate of drug-likeness (QED) is 0.901. The van der Waals surface area contributed by atoms with Crippen molar-refractivity contribution >= 4 is 15.9 Å². The topological polar surface area (TPSA) is 80.5 Å². The lowest BCUT2D eigenvalue weighted by Crippen LogP contribution is -2.38. The first-order chi connectivity index (χ1) is 9.70. The zero-order chi connectivity index (χ0) is 15.8. The number of hydrogen-bond acceptors (Lipinski definition) is 3. The normalized spacial score (nSPS) is 17.0. The second-order valence-corrected chi connectivity index (χ2v) is 7.18. The summed E-state index contributed by atoms with van der Waals surface area (Å²) in [5.74, 6) is -0.629. The number of carbonyl (C=O) groups excluding carboxylic acids is 1. The standard InChI is InChI=1S/C14H19FN2O3S/c1-9-3-5-17(6-4-9)14(18)12-8-11(21(16,19)20)7-10(2)13(12)15/h7-9H,3-6H2,1-2H3,(H2,16,19,20). The summed E-state index contributed by atoms with van der Waals surface area (Å²) < 4.78 is 37.0. The van der Waals surface area contributed by atoms with Crippen molar-refractivity contribution in [3.63, 3.8) is 0 Å². The van der Waals surface area contributed by atoms with E-state index in [1.807, 2.05) is 0 Å². The van der Waals surface area contributed by atoms with Crippen LogP contribution in [0.4, 0.5) is 4.39 Å². The summed E-state index contributed by atoms with van der Waals surface area (Å²) in [4.78, 5) is 13.7. The molecule has 0 saturated carbocycles. The molecular weight excluding hydrogens is 295 g/mol. The predicted molar refractivity (Wildman–Crippen MR) is 76.8 cm³/mol. The molecule has 116 valence electrons. The number of carbonyl (C=O) groups is 1. The Hall–Kier alpha value is -1.47. The highest BCUT2D eigenvalue weighted by molar-refractivity contribution is 7.89. The van der Waals surface area contributed by atoms with E-state index in [0.717, 1.165) is 25.0 Å². The third kappa shape index (κ3) is 3.41. The monoisotopic (exact) mass is 314 g/mol. The third-order valence-corrected chi connectivity index (χ3v) is 4.75. The zero-order valence-electron chi connectivity index (χ0n) is 12.1. The zero-order valence-corrected chi connectivity index (χ0v) is 12.9. The lowest BCUT2D eigenvalue weighted by atomic mass is 9.98. The van der Waals surface area contributed by atoms with Crippen molar-refractivity contribution in [3.8, 4) is 0 Å². The highest BCUT2D eigenvalue weighted by Crippen LogP contribution is 2.23. The first-order valence-corrected chi connectivity index (χ1v) is 8.37. The van der Waals surface area contributed by atoms with Gasteiger partial charge in [-0.05, 0) is 43.4 Å². The van der Waals surface area contributed by atoms with Crippen LogP contribution in [0.5, 0.6) is 0 Å². The molecule has 5 nitrogen and oxygen atoms in total. The van der Waals surface area contributed by atoms with E-state index in [-0.39, 0.29) is 16.0 Å². The second-order valence-electron chi connectivity index (χ2n) is 5.62. The van der Waals surface area contributed by atoms with E-state index < -0.39 is 21.7 Å². The Kier molecular flexibility index (Phi) is 4.34. The molecule has 1 fully saturated rings. The van der Waals surface area contributed by atoms with Crippen molar-refractivity contribution in [2.75, 3.05) is 13.1 Å². The largest absolute Gasteiger partial charge is 0.339 e. The molecule has 1 saturated heterocycles. The van der Waals surface area contributed by atoms with Crippen molar-refractivity contribution in [3.05, 3.63) is 29.1 Å². The Morgan fingerprint density at radius 2 is 1.90 bits per heavy atom. The van der Waals surface area contributed by atoms with Gasteiger partial charge in [0.2, 0.25) is 10.0 Å². The molecule has 1 aliphatic heterocycles. The average Bonchev–Trinajstić information content (AvgIpc) is 2.40. The van der Waals surface area contributed by atoms with Gasteiger partial charge in [-0.3, -0.25) is 4.79 Å². The highest BCUT2D eigenvalue weighted by atomic mass is 32.2. The number of halogens is 1. The number of benzene rings is 1. The van der Waals surface area contributed by atoms with Gasteiger partial charge in [0.1, 0.15) is 5.82 Å². The molecular formula is C14H19FN2O3S. The van der Waals surface area contributed by atoms with Gasteiger partial charge in [0, 0.05) is 13.1 Å². The van der Waals surface area contributed by atoms with Gasteiger partial charge >= 0.3 is 0 Å². The molecule has 21 heavy (non-hydrogen) atoms. The molecule has 0 atom stereocenters. The molecule has 0 bridgehead atoms. The van der Waals surface area contributed by atoms with Crippen molar-refractivity contribution in [1.82, 2.24) is 4.90 Å². The van der Waals surface area contributed by atoms with E-state index in [4.69, 9.17) is 5.14 Å². The van der Waals surface area contributed by atoms with E-state index in [1.54, 1.807) is 4.90 Å². The smallest absolute Gasteiger partial charge is 0.256 e. The minimum atomic E-state index is -3.98. The summed E-state index contributed by atoms with van der Waals surface area (Å²) in [5, 5.41) is 5.07. The molecule has 0 radical (unpaired) electrons. The molecule has 1 aliphatic rings. The average molecular weight is 314 g/mol. The second kappa shape index (κ2) is 5.73. The van der Waals surface area contributed by atoms with Gasteiger partial charge in [-0.2, -0.15) is 0 Å². The van der Waals surface area contributed by atoms with Gasteiger partial charge in [-0.15, -0.1) is 0 Å². The number of nitrogens with two attached hydrogens (primary N) is 1. The van der Waals surface area contributed by atoms with Crippen LogP contribution in [0, 0.1) is 18.7 Å². The molecule has 1 heterocycles. The number of aryl methyl sites for hydroxylation is 1. The lowest BCUT2D eigenvalue weighted by Gasteiger charge is -2.30. The van der Waals surface area contributed by atoms with Crippen LogP contribution < -0.4 is 5.14 Å². The van der Waals surface area contributed by atoms with Gasteiger partial charge in [-0.1, -0.05) is 6.92 Å². The number of likely N-dealkylation sites (tertiary alicyclic amines) is 1. The van der Waals surface area contributed by atoms with Crippen molar-refractivity contribution < 1.29 is 17.6 Å². The van der Waals surface area contributed by atoms with Crippen LogP contribution in [0.2, 0.25) is 0 Å². The molecule has 1 aromatic carbocycles. The fourth-order valence-electron chi connectivity index (χ4n) is 2.44. The maximum atomic E-state index is 14.2. The number of sulfonamides is 1. The summed E-state index contributed by atoms with van der Waals surface area (Å²) in [5.41, 5.74) is -0.135. The Morgan fingerprint density at radius 3 is 2.43 bits per heavy atom. The van der Waals surface area contributed by atoms with Crippen LogP contribution >= 0.6 is 0 Å². The van der Waals surface area contributed by atoms with Crippen LogP contribution in [0.15, 0.2) is 17.0 Å². The Labute approximate surface area is 124 Å². The van der Waals surface area contributed by atoms with Gasteiger partial charge < -0.3 is 4.90 Å². The van der Waals surface area contributed by atoms with E-state index in [9.17, 15) is 17.6 Å². The number of rotatable bonds is 2. The molecule has 0 spiro atoms. The van der Waals surface area contributed by atoms with Gasteiger partial charge in [0.25, 0.3) is 5.91 Å². The fraction of sp³-hybridized carbons (Fsp3) is 0.500. The van der Waals surface area contributed by atoms with Gasteiger partial charge in [-0.25, -0.2) is 17.9 Å².